The quantitative estimate of drug-likeness (QED) is 0.677. The summed E-state index contributed by atoms with van der Waals surface area (Å²) in [6, 6.07) is 12.9. The Balaban J connectivity index is 1.77. The summed E-state index contributed by atoms with van der Waals surface area (Å²) in [4.78, 5) is 24.3. The van der Waals surface area contributed by atoms with E-state index in [9.17, 15) is 18.0 Å². The number of amides is 2. The molecule has 0 saturated carbocycles. The highest BCUT2D eigenvalue weighted by Gasteiger charge is 2.28. The molecule has 2 amide bonds. The Hall–Kier alpha value is -2.42. The van der Waals surface area contributed by atoms with Crippen LogP contribution in [-0.2, 0) is 19.6 Å². The number of halogens is 1. The topological polar surface area (TPSA) is 95.6 Å². The molecule has 1 aliphatic heterocycles. The molecule has 0 aromatic heterocycles. The zero-order valence-corrected chi connectivity index (χ0v) is 18.2. The van der Waals surface area contributed by atoms with Gasteiger partial charge in [0.1, 0.15) is 0 Å². The molecule has 0 aliphatic carbocycles. The molecule has 1 atom stereocenters. The van der Waals surface area contributed by atoms with Gasteiger partial charge in [-0.25, -0.2) is 8.42 Å². The third-order valence-corrected chi connectivity index (χ3v) is 7.11. The van der Waals surface area contributed by atoms with E-state index in [4.69, 9.17) is 11.6 Å². The Bertz CT molecular complexity index is 1020. The standard InChI is InChI=1S/C21H24ClN3O4S/c1-15(26)23-19(16-7-3-2-4-8-16)14-21(27)24-20-13-17(9-10-18(20)22)30(28,29)25-11-5-6-12-25/h2-4,7-10,13,19H,5-6,11-12,14H2,1H3,(H,23,26)(H,24,27)/t19-/m1/s1. The number of sulfonamides is 1. The lowest BCUT2D eigenvalue weighted by Crippen LogP contribution is -2.30. The van der Waals surface area contributed by atoms with Crippen molar-refractivity contribution in [1.29, 1.82) is 0 Å². The van der Waals surface area contributed by atoms with Gasteiger partial charge in [-0.1, -0.05) is 41.9 Å². The maximum atomic E-state index is 12.8. The van der Waals surface area contributed by atoms with Crippen molar-refractivity contribution in [3.63, 3.8) is 0 Å². The van der Waals surface area contributed by atoms with Crippen LogP contribution in [0.5, 0.6) is 0 Å². The monoisotopic (exact) mass is 449 g/mol. The van der Waals surface area contributed by atoms with Crippen molar-refractivity contribution >= 4 is 39.1 Å². The van der Waals surface area contributed by atoms with Crippen LogP contribution in [0.4, 0.5) is 5.69 Å². The van der Waals surface area contributed by atoms with Crippen LogP contribution in [0.2, 0.25) is 5.02 Å². The van der Waals surface area contributed by atoms with E-state index in [0.29, 0.717) is 13.1 Å². The highest BCUT2D eigenvalue weighted by molar-refractivity contribution is 7.89. The molecule has 2 N–H and O–H groups in total. The molecule has 2 aromatic rings. The third-order valence-electron chi connectivity index (χ3n) is 4.88. The number of nitrogens with one attached hydrogen (secondary N) is 2. The summed E-state index contributed by atoms with van der Waals surface area (Å²) in [5.41, 5.74) is 1.01. The third kappa shape index (κ3) is 5.38. The molecule has 160 valence electrons. The van der Waals surface area contributed by atoms with Crippen molar-refractivity contribution in [3.8, 4) is 0 Å². The highest BCUT2D eigenvalue weighted by atomic mass is 35.5. The normalized spacial score (nSPS) is 15.5. The first-order valence-electron chi connectivity index (χ1n) is 9.69. The fourth-order valence-electron chi connectivity index (χ4n) is 3.41. The maximum absolute atomic E-state index is 12.8. The van der Waals surface area contributed by atoms with E-state index in [1.807, 2.05) is 30.3 Å². The van der Waals surface area contributed by atoms with Crippen LogP contribution in [0.15, 0.2) is 53.4 Å². The molecule has 3 rings (SSSR count). The van der Waals surface area contributed by atoms with Gasteiger partial charge in [0.05, 0.1) is 28.1 Å². The molecular formula is C21H24ClN3O4S. The first-order chi connectivity index (χ1) is 14.3. The number of nitrogens with zero attached hydrogens (tertiary/aromatic N) is 1. The lowest BCUT2D eigenvalue weighted by Gasteiger charge is -2.19. The number of hydrogen-bond donors (Lipinski definition) is 2. The van der Waals surface area contributed by atoms with E-state index in [0.717, 1.165) is 18.4 Å². The molecule has 0 unspecified atom stereocenters. The van der Waals surface area contributed by atoms with Gasteiger partial charge in [-0.05, 0) is 36.6 Å². The van der Waals surface area contributed by atoms with Crippen molar-refractivity contribution in [3.05, 3.63) is 59.1 Å². The first-order valence-corrected chi connectivity index (χ1v) is 11.5. The van der Waals surface area contributed by atoms with Crippen LogP contribution in [0.3, 0.4) is 0 Å². The van der Waals surface area contributed by atoms with Gasteiger partial charge in [-0.2, -0.15) is 4.31 Å². The zero-order chi connectivity index (χ0) is 21.7. The predicted octanol–water partition coefficient (Wildman–Crippen LogP) is 3.33. The average molecular weight is 450 g/mol. The summed E-state index contributed by atoms with van der Waals surface area (Å²) in [5.74, 6) is -0.649. The van der Waals surface area contributed by atoms with Crippen LogP contribution in [0.25, 0.3) is 0 Å². The second-order valence-electron chi connectivity index (χ2n) is 7.17. The first kappa shape index (κ1) is 22.3. The lowest BCUT2D eigenvalue weighted by molar-refractivity contribution is -0.120. The van der Waals surface area contributed by atoms with Gasteiger partial charge in [0.25, 0.3) is 0 Å². The van der Waals surface area contributed by atoms with Gasteiger partial charge < -0.3 is 10.6 Å². The van der Waals surface area contributed by atoms with Crippen LogP contribution >= 0.6 is 11.6 Å². The number of anilines is 1. The van der Waals surface area contributed by atoms with Gasteiger partial charge in [0, 0.05) is 20.0 Å². The number of rotatable bonds is 7. The minimum Gasteiger partial charge on any atom is -0.349 e. The van der Waals surface area contributed by atoms with E-state index < -0.39 is 22.0 Å². The van der Waals surface area contributed by atoms with Gasteiger partial charge in [-0.15, -0.1) is 0 Å². The van der Waals surface area contributed by atoms with Crippen molar-refractivity contribution < 1.29 is 18.0 Å². The number of carbonyl (C=O) groups is 2. The Labute approximate surface area is 181 Å². The fourth-order valence-corrected chi connectivity index (χ4v) is 5.12. The van der Waals surface area contributed by atoms with E-state index in [2.05, 4.69) is 10.6 Å². The summed E-state index contributed by atoms with van der Waals surface area (Å²) in [7, 11) is -3.63. The van der Waals surface area contributed by atoms with Gasteiger partial charge >= 0.3 is 0 Å². The van der Waals surface area contributed by atoms with E-state index >= 15 is 0 Å². The summed E-state index contributed by atoms with van der Waals surface area (Å²) >= 11 is 6.20. The van der Waals surface area contributed by atoms with E-state index in [1.54, 1.807) is 0 Å². The molecule has 1 aliphatic rings. The molecule has 7 nitrogen and oxygen atoms in total. The average Bonchev–Trinajstić information content (AvgIpc) is 3.25. The predicted molar refractivity (Wildman–Crippen MR) is 116 cm³/mol. The Kier molecular flexibility index (Phi) is 7.12. The van der Waals surface area contributed by atoms with Crippen molar-refractivity contribution in [1.82, 2.24) is 9.62 Å². The van der Waals surface area contributed by atoms with Gasteiger partial charge in [0.15, 0.2) is 0 Å². The minimum atomic E-state index is -3.63. The number of hydrogen-bond acceptors (Lipinski definition) is 4. The SMILES string of the molecule is CC(=O)N[C@H](CC(=O)Nc1cc(S(=O)(=O)N2CCCC2)ccc1Cl)c1ccccc1. The second-order valence-corrected chi connectivity index (χ2v) is 9.51. The Morgan fingerprint density at radius 1 is 1.10 bits per heavy atom. The van der Waals surface area contributed by atoms with Crippen LogP contribution in [-0.4, -0.2) is 37.6 Å². The lowest BCUT2D eigenvalue weighted by atomic mass is 10.0. The molecule has 1 fully saturated rings. The largest absolute Gasteiger partial charge is 0.349 e. The highest BCUT2D eigenvalue weighted by Crippen LogP contribution is 2.29. The molecule has 0 spiro atoms. The summed E-state index contributed by atoms with van der Waals surface area (Å²) < 4.78 is 27.0. The second kappa shape index (κ2) is 9.59. The molecule has 2 aromatic carbocycles. The zero-order valence-electron chi connectivity index (χ0n) is 16.6. The smallest absolute Gasteiger partial charge is 0.243 e. The molecule has 9 heteroatoms. The number of benzene rings is 2. The van der Waals surface area contributed by atoms with Crippen molar-refractivity contribution in [2.45, 2.75) is 37.1 Å². The summed E-state index contributed by atoms with van der Waals surface area (Å²) in [6.07, 6.45) is 1.64. The van der Waals surface area contributed by atoms with E-state index in [1.165, 1.54) is 29.4 Å². The van der Waals surface area contributed by atoms with Crippen LogP contribution in [0, 0.1) is 0 Å². The molecule has 1 saturated heterocycles. The summed E-state index contributed by atoms with van der Waals surface area (Å²) in [6.45, 7) is 2.36. The van der Waals surface area contributed by atoms with E-state index in [-0.39, 0.29) is 27.9 Å². The number of carbonyl (C=O) groups excluding carboxylic acids is 2. The molecule has 0 bridgehead atoms. The fraction of sp³-hybridized carbons (Fsp3) is 0.333. The molecule has 1 heterocycles. The van der Waals surface area contributed by atoms with Gasteiger partial charge in [0.2, 0.25) is 21.8 Å². The van der Waals surface area contributed by atoms with Gasteiger partial charge in [-0.3, -0.25) is 9.59 Å². The molecule has 0 radical (unpaired) electrons. The van der Waals surface area contributed by atoms with Crippen molar-refractivity contribution in [2.75, 3.05) is 18.4 Å². The molecular weight excluding hydrogens is 426 g/mol. The van der Waals surface area contributed by atoms with Crippen LogP contribution < -0.4 is 10.6 Å². The minimum absolute atomic E-state index is 0.0248. The Morgan fingerprint density at radius 2 is 1.77 bits per heavy atom. The Morgan fingerprint density at radius 3 is 2.40 bits per heavy atom. The summed E-state index contributed by atoms with van der Waals surface area (Å²) in [5, 5.41) is 5.68. The molecule has 30 heavy (non-hydrogen) atoms. The van der Waals surface area contributed by atoms with Crippen LogP contribution in [0.1, 0.15) is 37.8 Å². The maximum Gasteiger partial charge on any atom is 0.243 e. The van der Waals surface area contributed by atoms with Crippen molar-refractivity contribution in [2.24, 2.45) is 0 Å².